The van der Waals surface area contributed by atoms with Gasteiger partial charge in [0.05, 0.1) is 23.6 Å². The number of carbonyl (C=O) groups excluding carboxylic acids is 1. The molecule has 1 amide bonds. The number of hydrogen-bond donors (Lipinski definition) is 1. The lowest BCUT2D eigenvalue weighted by atomic mass is 10.2. The molecular formula is C19H28N6O. The minimum Gasteiger partial charge on any atom is -0.366 e. The second-order valence-electron chi connectivity index (χ2n) is 6.73. The quantitative estimate of drug-likeness (QED) is 0.850. The number of aromatic nitrogens is 3. The first-order valence-corrected chi connectivity index (χ1v) is 9.31. The molecule has 1 saturated heterocycles. The van der Waals surface area contributed by atoms with E-state index >= 15 is 0 Å². The van der Waals surface area contributed by atoms with Crippen molar-refractivity contribution in [1.29, 1.82) is 0 Å². The lowest BCUT2D eigenvalue weighted by Gasteiger charge is -2.35. The van der Waals surface area contributed by atoms with E-state index < -0.39 is 0 Å². The van der Waals surface area contributed by atoms with Crippen LogP contribution in [0.15, 0.2) is 24.4 Å². The van der Waals surface area contributed by atoms with E-state index in [0.717, 1.165) is 56.4 Å². The monoisotopic (exact) mass is 356 g/mol. The van der Waals surface area contributed by atoms with E-state index in [1.54, 1.807) is 6.20 Å². The summed E-state index contributed by atoms with van der Waals surface area (Å²) < 4.78 is 1.91. The molecule has 3 rings (SSSR count). The molecule has 2 aromatic heterocycles. The lowest BCUT2D eigenvalue weighted by Crippen LogP contribution is -2.49. The van der Waals surface area contributed by atoms with Gasteiger partial charge in [-0.25, -0.2) is 9.67 Å². The van der Waals surface area contributed by atoms with Crippen LogP contribution in [0.2, 0.25) is 0 Å². The van der Waals surface area contributed by atoms with Gasteiger partial charge in [-0.3, -0.25) is 9.69 Å². The SMILES string of the molecule is CCCNC(=O)CN1CCN(c2c(C)nn(-c3ccccn3)c2C)CC1. The van der Waals surface area contributed by atoms with Crippen LogP contribution >= 0.6 is 0 Å². The highest BCUT2D eigenvalue weighted by Gasteiger charge is 2.24. The van der Waals surface area contributed by atoms with Crippen molar-refractivity contribution >= 4 is 11.6 Å². The summed E-state index contributed by atoms with van der Waals surface area (Å²) in [7, 11) is 0. The van der Waals surface area contributed by atoms with E-state index in [4.69, 9.17) is 5.10 Å². The van der Waals surface area contributed by atoms with Gasteiger partial charge in [0.25, 0.3) is 0 Å². The number of anilines is 1. The molecule has 1 N–H and O–H groups in total. The zero-order chi connectivity index (χ0) is 18.5. The Hall–Kier alpha value is -2.41. The first-order valence-electron chi connectivity index (χ1n) is 9.31. The average molecular weight is 356 g/mol. The average Bonchev–Trinajstić information content (AvgIpc) is 2.96. The fourth-order valence-corrected chi connectivity index (χ4v) is 3.45. The Labute approximate surface area is 155 Å². The van der Waals surface area contributed by atoms with Gasteiger partial charge < -0.3 is 10.2 Å². The Bertz CT molecular complexity index is 734. The van der Waals surface area contributed by atoms with E-state index in [2.05, 4.69) is 33.9 Å². The minimum atomic E-state index is 0.121. The number of hydrogen-bond acceptors (Lipinski definition) is 5. The van der Waals surface area contributed by atoms with Crippen LogP contribution in [0.5, 0.6) is 0 Å². The van der Waals surface area contributed by atoms with Crippen molar-refractivity contribution in [3.05, 3.63) is 35.8 Å². The predicted molar refractivity (Wildman–Crippen MR) is 103 cm³/mol. The summed E-state index contributed by atoms with van der Waals surface area (Å²) in [5.74, 6) is 0.959. The zero-order valence-electron chi connectivity index (χ0n) is 15.9. The van der Waals surface area contributed by atoms with Crippen molar-refractivity contribution in [3.63, 3.8) is 0 Å². The largest absolute Gasteiger partial charge is 0.366 e. The van der Waals surface area contributed by atoms with Gasteiger partial charge >= 0.3 is 0 Å². The zero-order valence-corrected chi connectivity index (χ0v) is 15.9. The third-order valence-corrected chi connectivity index (χ3v) is 4.75. The topological polar surface area (TPSA) is 66.3 Å². The van der Waals surface area contributed by atoms with Gasteiger partial charge in [-0.05, 0) is 32.4 Å². The van der Waals surface area contributed by atoms with Crippen molar-refractivity contribution in [2.24, 2.45) is 0 Å². The maximum Gasteiger partial charge on any atom is 0.234 e. The Morgan fingerprint density at radius 2 is 1.96 bits per heavy atom. The maximum absolute atomic E-state index is 11.9. The van der Waals surface area contributed by atoms with E-state index in [9.17, 15) is 4.79 Å². The van der Waals surface area contributed by atoms with Gasteiger partial charge in [-0.1, -0.05) is 13.0 Å². The number of pyridine rings is 1. The summed E-state index contributed by atoms with van der Waals surface area (Å²) in [6.07, 6.45) is 2.76. The Balaban J connectivity index is 1.65. The number of piperazine rings is 1. The standard InChI is InChI=1S/C19H28N6O/c1-4-8-21-18(26)14-23-10-12-24(13-11-23)19-15(2)22-25(16(19)3)17-7-5-6-9-20-17/h5-7,9H,4,8,10-14H2,1-3H3,(H,21,26). The molecule has 2 aromatic rings. The molecule has 0 radical (unpaired) electrons. The predicted octanol–water partition coefficient (Wildman–Crippen LogP) is 1.53. The van der Waals surface area contributed by atoms with Crippen LogP contribution < -0.4 is 10.2 Å². The Morgan fingerprint density at radius 1 is 1.19 bits per heavy atom. The van der Waals surface area contributed by atoms with Gasteiger partial charge in [0.1, 0.15) is 0 Å². The van der Waals surface area contributed by atoms with Crippen LogP contribution in [-0.4, -0.2) is 64.8 Å². The highest BCUT2D eigenvalue weighted by atomic mass is 16.2. The first-order chi connectivity index (χ1) is 12.6. The van der Waals surface area contributed by atoms with Gasteiger partial charge in [-0.15, -0.1) is 0 Å². The van der Waals surface area contributed by atoms with Crippen LogP contribution in [0, 0.1) is 13.8 Å². The fourth-order valence-electron chi connectivity index (χ4n) is 3.45. The molecule has 0 atom stereocenters. The summed E-state index contributed by atoms with van der Waals surface area (Å²) in [5, 5.41) is 7.64. The van der Waals surface area contributed by atoms with Gasteiger partial charge in [-0.2, -0.15) is 5.10 Å². The number of rotatable bonds is 6. The highest BCUT2D eigenvalue weighted by molar-refractivity contribution is 5.78. The third kappa shape index (κ3) is 4.04. The van der Waals surface area contributed by atoms with E-state index in [1.807, 2.05) is 29.8 Å². The summed E-state index contributed by atoms with van der Waals surface area (Å²) in [6.45, 7) is 11.0. The summed E-state index contributed by atoms with van der Waals surface area (Å²) in [6, 6.07) is 5.85. The molecule has 0 aromatic carbocycles. The maximum atomic E-state index is 11.9. The molecule has 3 heterocycles. The van der Waals surface area contributed by atoms with Gasteiger partial charge in [0.15, 0.2) is 5.82 Å². The molecule has 7 nitrogen and oxygen atoms in total. The number of aryl methyl sites for hydroxylation is 1. The van der Waals surface area contributed by atoms with Crippen molar-refractivity contribution < 1.29 is 4.79 Å². The molecule has 1 fully saturated rings. The molecule has 1 aliphatic rings. The Morgan fingerprint density at radius 3 is 2.62 bits per heavy atom. The van der Waals surface area contributed by atoms with Crippen LogP contribution in [-0.2, 0) is 4.79 Å². The molecule has 7 heteroatoms. The summed E-state index contributed by atoms with van der Waals surface area (Å²) in [5.41, 5.74) is 3.31. The number of nitrogens with zero attached hydrogens (tertiary/aromatic N) is 5. The molecule has 0 saturated carbocycles. The summed E-state index contributed by atoms with van der Waals surface area (Å²) >= 11 is 0. The number of nitrogens with one attached hydrogen (secondary N) is 1. The van der Waals surface area contributed by atoms with Crippen molar-refractivity contribution in [1.82, 2.24) is 25.0 Å². The number of carbonyl (C=O) groups is 1. The molecule has 1 aliphatic heterocycles. The van der Waals surface area contributed by atoms with Crippen molar-refractivity contribution in [2.75, 3.05) is 44.2 Å². The molecule has 0 bridgehead atoms. The van der Waals surface area contributed by atoms with Crippen LogP contribution in [0.3, 0.4) is 0 Å². The highest BCUT2D eigenvalue weighted by Crippen LogP contribution is 2.27. The molecule has 0 aliphatic carbocycles. The van der Waals surface area contributed by atoms with Crippen LogP contribution in [0.25, 0.3) is 5.82 Å². The van der Waals surface area contributed by atoms with E-state index in [0.29, 0.717) is 6.54 Å². The van der Waals surface area contributed by atoms with Crippen LogP contribution in [0.4, 0.5) is 5.69 Å². The normalized spacial score (nSPS) is 15.3. The van der Waals surface area contributed by atoms with Gasteiger partial charge in [0.2, 0.25) is 5.91 Å². The van der Waals surface area contributed by atoms with Crippen LogP contribution in [0.1, 0.15) is 24.7 Å². The van der Waals surface area contributed by atoms with Gasteiger partial charge in [0, 0.05) is 38.9 Å². The smallest absolute Gasteiger partial charge is 0.234 e. The number of amides is 1. The Kier molecular flexibility index (Phi) is 5.88. The fraction of sp³-hybridized carbons (Fsp3) is 0.526. The third-order valence-electron chi connectivity index (χ3n) is 4.75. The molecule has 0 spiro atoms. The second kappa shape index (κ2) is 8.31. The van der Waals surface area contributed by atoms with Crippen molar-refractivity contribution in [3.8, 4) is 5.82 Å². The first kappa shape index (κ1) is 18.4. The minimum absolute atomic E-state index is 0.121. The van der Waals surface area contributed by atoms with Crippen molar-refractivity contribution in [2.45, 2.75) is 27.2 Å². The lowest BCUT2D eigenvalue weighted by molar-refractivity contribution is -0.122. The summed E-state index contributed by atoms with van der Waals surface area (Å²) in [4.78, 5) is 20.9. The van der Waals surface area contributed by atoms with E-state index in [-0.39, 0.29) is 5.91 Å². The van der Waals surface area contributed by atoms with E-state index in [1.165, 1.54) is 5.69 Å². The molecule has 26 heavy (non-hydrogen) atoms. The molecule has 0 unspecified atom stereocenters. The second-order valence-corrected chi connectivity index (χ2v) is 6.73. The molecule has 140 valence electrons. The molecular weight excluding hydrogens is 328 g/mol.